The predicted molar refractivity (Wildman–Crippen MR) is 150 cm³/mol. The van der Waals surface area contributed by atoms with Crippen LogP contribution < -0.4 is 15.4 Å². The van der Waals surface area contributed by atoms with Gasteiger partial charge in [0.25, 0.3) is 5.69 Å². The van der Waals surface area contributed by atoms with Crippen molar-refractivity contribution in [3.05, 3.63) is 98.6 Å². The van der Waals surface area contributed by atoms with Crippen LogP contribution in [0.1, 0.15) is 55.0 Å². The second kappa shape index (κ2) is 13.1. The first-order valence-corrected chi connectivity index (χ1v) is 12.7. The number of benzene rings is 3. The van der Waals surface area contributed by atoms with Gasteiger partial charge in [0.15, 0.2) is 0 Å². The largest absolute Gasteiger partial charge is 0.489 e. The van der Waals surface area contributed by atoms with Crippen molar-refractivity contribution in [1.82, 2.24) is 5.32 Å². The van der Waals surface area contributed by atoms with Gasteiger partial charge in [-0.2, -0.15) is 0 Å². The number of hydrogen-bond donors (Lipinski definition) is 2. The summed E-state index contributed by atoms with van der Waals surface area (Å²) in [5.74, 6) is 0.757. The average Bonchev–Trinajstić information content (AvgIpc) is 2.84. The fourth-order valence-electron chi connectivity index (χ4n) is 3.99. The predicted octanol–water partition coefficient (Wildman–Crippen LogP) is 6.82. The zero-order chi connectivity index (χ0) is 27.7. The van der Waals surface area contributed by atoms with Crippen LogP contribution in [0, 0.1) is 24.0 Å². The summed E-state index contributed by atoms with van der Waals surface area (Å²) in [7, 11) is 0. The van der Waals surface area contributed by atoms with E-state index in [1.165, 1.54) is 17.7 Å². The molecule has 8 heteroatoms. The molecule has 0 aliphatic heterocycles. The Morgan fingerprint density at radius 2 is 1.66 bits per heavy atom. The molecule has 0 fully saturated rings. The Kier molecular flexibility index (Phi) is 9.85. The van der Waals surface area contributed by atoms with E-state index in [-0.39, 0.29) is 11.1 Å². The highest BCUT2D eigenvalue weighted by atomic mass is 16.6. The van der Waals surface area contributed by atoms with Crippen LogP contribution in [0.25, 0.3) is 0 Å². The number of aryl methyl sites for hydroxylation is 2. The Balaban J connectivity index is 1.50. The third-order valence-corrected chi connectivity index (χ3v) is 5.98. The quantitative estimate of drug-likeness (QED) is 0.164. The fourth-order valence-corrected chi connectivity index (χ4v) is 3.99. The number of nitrogens with one attached hydrogen (secondary N) is 2. The molecule has 0 atom stereocenters. The molecule has 0 saturated heterocycles. The Hall–Kier alpha value is -3.91. The van der Waals surface area contributed by atoms with Gasteiger partial charge in [-0.15, -0.1) is 0 Å². The van der Waals surface area contributed by atoms with Crippen LogP contribution in [-0.2, 0) is 23.3 Å². The molecular weight excluding hydrogens is 482 g/mol. The second-order valence-electron chi connectivity index (χ2n) is 10.5. The first-order valence-electron chi connectivity index (χ1n) is 12.7. The summed E-state index contributed by atoms with van der Waals surface area (Å²) in [5.41, 5.74) is 6.00. The molecule has 0 spiro atoms. The number of rotatable bonds is 11. The maximum Gasteiger partial charge on any atom is 0.411 e. The molecule has 0 heterocycles. The van der Waals surface area contributed by atoms with Crippen LogP contribution in [0.5, 0.6) is 5.75 Å². The molecule has 2 N–H and O–H groups in total. The van der Waals surface area contributed by atoms with E-state index in [0.717, 1.165) is 33.7 Å². The van der Waals surface area contributed by atoms with Gasteiger partial charge in [-0.05, 0) is 84.8 Å². The number of anilines is 1. The van der Waals surface area contributed by atoms with Gasteiger partial charge in [0.2, 0.25) is 0 Å². The minimum Gasteiger partial charge on any atom is -0.489 e. The van der Waals surface area contributed by atoms with Gasteiger partial charge in [-0.1, -0.05) is 39.0 Å². The van der Waals surface area contributed by atoms with E-state index in [1.807, 2.05) is 38.1 Å². The fraction of sp³-hybridized carbons (Fsp3) is 0.367. The van der Waals surface area contributed by atoms with Crippen LogP contribution in [0.2, 0.25) is 0 Å². The molecule has 0 unspecified atom stereocenters. The zero-order valence-corrected chi connectivity index (χ0v) is 22.8. The molecule has 3 rings (SSSR count). The van der Waals surface area contributed by atoms with E-state index in [4.69, 9.17) is 9.47 Å². The van der Waals surface area contributed by atoms with Crippen LogP contribution in [0.4, 0.5) is 16.2 Å². The molecule has 0 aliphatic rings. The van der Waals surface area contributed by atoms with E-state index in [0.29, 0.717) is 32.7 Å². The van der Waals surface area contributed by atoms with E-state index >= 15 is 0 Å². The van der Waals surface area contributed by atoms with Crippen molar-refractivity contribution in [3.8, 4) is 5.75 Å². The molecule has 8 nitrogen and oxygen atoms in total. The maximum absolute atomic E-state index is 12.1. The Labute approximate surface area is 224 Å². The van der Waals surface area contributed by atoms with E-state index in [2.05, 4.69) is 43.5 Å². The lowest BCUT2D eigenvalue weighted by Crippen LogP contribution is -2.20. The van der Waals surface area contributed by atoms with Gasteiger partial charge in [0.05, 0.1) is 11.5 Å². The number of non-ortho nitro benzene ring substituents is 1. The number of carbonyl (C=O) groups is 1. The number of nitro groups is 1. The smallest absolute Gasteiger partial charge is 0.411 e. The summed E-state index contributed by atoms with van der Waals surface area (Å²) < 4.78 is 11.4. The highest BCUT2D eigenvalue weighted by molar-refractivity contribution is 5.84. The van der Waals surface area contributed by atoms with Crippen molar-refractivity contribution >= 4 is 17.5 Å². The normalized spacial score (nSPS) is 11.2. The lowest BCUT2D eigenvalue weighted by Gasteiger charge is -2.22. The highest BCUT2D eigenvalue weighted by Gasteiger charge is 2.16. The van der Waals surface area contributed by atoms with Crippen molar-refractivity contribution in [1.29, 1.82) is 0 Å². The topological polar surface area (TPSA) is 103 Å². The monoisotopic (exact) mass is 519 g/mol. The summed E-state index contributed by atoms with van der Waals surface area (Å²) in [4.78, 5) is 22.6. The number of hydrogen-bond acceptors (Lipinski definition) is 6. The third-order valence-electron chi connectivity index (χ3n) is 5.98. The minimum atomic E-state index is -0.463. The van der Waals surface area contributed by atoms with E-state index in [9.17, 15) is 14.9 Å². The minimum absolute atomic E-state index is 0.0112. The Morgan fingerprint density at radius 1 is 0.974 bits per heavy atom. The van der Waals surface area contributed by atoms with Gasteiger partial charge in [-0.3, -0.25) is 15.4 Å². The number of amides is 1. The molecule has 0 aromatic heterocycles. The van der Waals surface area contributed by atoms with Crippen molar-refractivity contribution in [2.24, 2.45) is 0 Å². The maximum atomic E-state index is 12.1. The van der Waals surface area contributed by atoms with Gasteiger partial charge < -0.3 is 14.8 Å². The number of ether oxygens (including phenoxy) is 2. The summed E-state index contributed by atoms with van der Waals surface area (Å²) in [6, 6.07) is 18.4. The van der Waals surface area contributed by atoms with Gasteiger partial charge in [0, 0.05) is 29.9 Å². The van der Waals surface area contributed by atoms with Crippen molar-refractivity contribution in [2.45, 2.75) is 59.6 Å². The summed E-state index contributed by atoms with van der Waals surface area (Å²) in [6.07, 6.45) is 0.202. The van der Waals surface area contributed by atoms with E-state index < -0.39 is 11.0 Å². The summed E-state index contributed by atoms with van der Waals surface area (Å²) in [6.45, 7) is 12.3. The van der Waals surface area contributed by atoms with Crippen LogP contribution in [0.15, 0.2) is 60.7 Å². The molecule has 38 heavy (non-hydrogen) atoms. The molecule has 0 radical (unpaired) electrons. The lowest BCUT2D eigenvalue weighted by atomic mass is 9.86. The van der Waals surface area contributed by atoms with Crippen molar-refractivity contribution in [3.63, 3.8) is 0 Å². The molecule has 1 amide bonds. The van der Waals surface area contributed by atoms with Crippen molar-refractivity contribution in [2.75, 3.05) is 18.5 Å². The van der Waals surface area contributed by atoms with Crippen LogP contribution in [0.3, 0.4) is 0 Å². The second-order valence-corrected chi connectivity index (χ2v) is 10.5. The molecule has 202 valence electrons. The van der Waals surface area contributed by atoms with Gasteiger partial charge in [0.1, 0.15) is 12.4 Å². The molecule has 0 saturated carbocycles. The molecule has 0 aliphatic carbocycles. The highest BCUT2D eigenvalue weighted by Crippen LogP contribution is 2.29. The lowest BCUT2D eigenvalue weighted by molar-refractivity contribution is -0.384. The van der Waals surface area contributed by atoms with Crippen LogP contribution in [-0.4, -0.2) is 24.2 Å². The molecule has 3 aromatic rings. The average molecular weight is 520 g/mol. The SMILES string of the molecule is Cc1cc(C)cc(NC(=O)OCCCNCc2cc(C(C)(C)C)ccc2OCc2ccc([N+](=O)[O-])cc2)c1. The number of carbonyl (C=O) groups excluding carboxylic acids is 1. The molecule has 0 bridgehead atoms. The van der Waals surface area contributed by atoms with Gasteiger partial charge in [-0.25, -0.2) is 4.79 Å². The Morgan fingerprint density at radius 3 is 2.29 bits per heavy atom. The third kappa shape index (κ3) is 8.88. The van der Waals surface area contributed by atoms with Crippen LogP contribution >= 0.6 is 0 Å². The molecule has 3 aromatic carbocycles. The summed E-state index contributed by atoms with van der Waals surface area (Å²) in [5, 5.41) is 17.1. The number of nitro benzene ring substituents is 1. The molecular formula is C30H37N3O5. The van der Waals surface area contributed by atoms with E-state index in [1.54, 1.807) is 12.1 Å². The standard InChI is InChI=1S/C30H37N3O5/c1-21-15-22(2)17-26(16-21)32-29(34)37-14-6-13-31-19-24-18-25(30(3,4)5)9-12-28(24)38-20-23-7-10-27(11-8-23)33(35)36/h7-12,15-18,31H,6,13-14,19-20H2,1-5H3,(H,32,34). The summed E-state index contributed by atoms with van der Waals surface area (Å²) >= 11 is 0. The zero-order valence-electron chi connectivity index (χ0n) is 22.8. The van der Waals surface area contributed by atoms with Crippen molar-refractivity contribution < 1.29 is 19.2 Å². The number of nitrogens with zero attached hydrogens (tertiary/aromatic N) is 1. The Bertz CT molecular complexity index is 1230. The first kappa shape index (κ1) is 28.7. The first-order chi connectivity index (χ1) is 18.0. The van der Waals surface area contributed by atoms with Gasteiger partial charge >= 0.3 is 6.09 Å².